The second-order valence-electron chi connectivity index (χ2n) is 2.79. The molecule has 0 unspecified atom stereocenters. The van der Waals surface area contributed by atoms with Gasteiger partial charge in [0.2, 0.25) is 0 Å². The van der Waals surface area contributed by atoms with Gasteiger partial charge in [-0.15, -0.1) is 0 Å². The number of carbonyl (C=O) groups is 2. The van der Waals surface area contributed by atoms with Crippen molar-refractivity contribution in [3.63, 3.8) is 0 Å². The smallest absolute Gasteiger partial charge is 0.546 e. The average molecular weight is 393 g/mol. The minimum Gasteiger partial charge on any atom is -0.546 e. The molecule has 0 aliphatic rings. The van der Waals surface area contributed by atoms with Gasteiger partial charge in [-0.3, -0.25) is 0 Å². The van der Waals surface area contributed by atoms with Crippen LogP contribution in [0.4, 0.5) is 0 Å². The van der Waals surface area contributed by atoms with Crippen molar-refractivity contribution in [3.8, 4) is 11.5 Å². The standard InChI is InChI=1S/C10H10O6.Mn.6H2O/c11-9(12)5-15-7-1-2-8(4-3-7)16-6-10(13)14;;;;;;;/h1-4H,5-6H2,(H,11,12)(H,13,14);;6*1H2/q;+2;;;;;;/p+4. The first-order valence-corrected chi connectivity index (χ1v) is 4.33. The average Bonchev–Trinajstić information content (AvgIpc) is 2.25. The minimum atomic E-state index is -1.32. The summed E-state index contributed by atoms with van der Waals surface area (Å²) < 4.78 is 9.60. The monoisotopic (exact) mass is 393 g/mol. The summed E-state index contributed by atoms with van der Waals surface area (Å²) in [6, 6.07) is 5.81. The van der Waals surface area contributed by atoms with Gasteiger partial charge in [0.05, 0.1) is 11.9 Å². The van der Waals surface area contributed by atoms with Crippen LogP contribution in [0.3, 0.4) is 0 Å². The summed E-state index contributed by atoms with van der Waals surface area (Å²) in [6.07, 6.45) is 0. The zero-order valence-electron chi connectivity index (χ0n) is 12.0. The van der Waals surface area contributed by atoms with Gasteiger partial charge in [0, 0.05) is 0 Å². The van der Waals surface area contributed by atoms with Crippen molar-refractivity contribution < 1.29 is 79.2 Å². The number of carbonyl (C=O) groups excluding carboxylic acids is 2. The molecule has 18 N–H and O–H groups in total. The Labute approximate surface area is 141 Å². The topological polar surface area (TPSA) is 297 Å². The van der Waals surface area contributed by atoms with Crippen molar-refractivity contribution in [1.29, 1.82) is 0 Å². The van der Waals surface area contributed by atoms with E-state index in [1.54, 1.807) is 0 Å². The Kier molecular flexibility index (Phi) is 41.6. The fourth-order valence-electron chi connectivity index (χ4n) is 0.917. The van der Waals surface area contributed by atoms with Gasteiger partial charge < -0.3 is 62.1 Å². The first kappa shape index (κ1) is 42.9. The van der Waals surface area contributed by atoms with Crippen molar-refractivity contribution in [2.24, 2.45) is 0 Å². The van der Waals surface area contributed by atoms with E-state index in [9.17, 15) is 19.8 Å². The van der Waals surface area contributed by atoms with Crippen molar-refractivity contribution in [3.05, 3.63) is 24.3 Å². The Morgan fingerprint density at radius 2 is 0.913 bits per heavy atom. The summed E-state index contributed by atoms with van der Waals surface area (Å²) in [5, 5.41) is 20.2. The molecular formula is C10H26MnO12+6. The maximum Gasteiger partial charge on any atom is 2.00 e. The third kappa shape index (κ3) is 20.0. The molecule has 12 nitrogen and oxygen atoms in total. The zero-order valence-corrected chi connectivity index (χ0v) is 13.2. The first-order chi connectivity index (χ1) is 7.58. The van der Waals surface area contributed by atoms with Gasteiger partial charge in [-0.25, -0.2) is 0 Å². The van der Waals surface area contributed by atoms with Crippen molar-refractivity contribution in [2.45, 2.75) is 0 Å². The van der Waals surface area contributed by atoms with Crippen LogP contribution in [0.2, 0.25) is 0 Å². The molecule has 0 amide bonds. The molecular weight excluding hydrogens is 367 g/mol. The number of carboxylic acid groups (broad SMARTS) is 2. The normalized spacial score (nSPS) is 6.61. The summed E-state index contributed by atoms with van der Waals surface area (Å²) in [5.74, 6) is -2.00. The molecule has 1 radical (unpaired) electrons. The van der Waals surface area contributed by atoms with E-state index in [0.29, 0.717) is 11.5 Å². The Balaban J connectivity index is -0.0000000731. The number of carboxylic acids is 2. The van der Waals surface area contributed by atoms with Crippen molar-refractivity contribution in [1.82, 2.24) is 0 Å². The molecule has 1 rings (SSSR count). The summed E-state index contributed by atoms with van der Waals surface area (Å²) in [6.45, 7) is -1.08. The van der Waals surface area contributed by atoms with Crippen LogP contribution in [-0.2, 0) is 59.5 Å². The van der Waals surface area contributed by atoms with Gasteiger partial charge in [0.25, 0.3) is 0 Å². The summed E-state index contributed by atoms with van der Waals surface area (Å²) >= 11 is 0. The molecule has 0 atom stereocenters. The number of ether oxygens (including phenoxy) is 2. The Hall–Kier alpha value is -1.96. The van der Waals surface area contributed by atoms with Gasteiger partial charge >= 0.3 is 17.1 Å². The number of rotatable bonds is 6. The van der Waals surface area contributed by atoms with Crippen LogP contribution in [-0.4, -0.2) is 25.2 Å². The number of hydrogen-bond acceptors (Lipinski definition) is 6. The number of aliphatic carboxylic acids is 2. The minimum absolute atomic E-state index is 0. The fraction of sp³-hybridized carbons (Fsp3) is 0.200. The van der Waals surface area contributed by atoms with E-state index in [0.717, 1.165) is 0 Å². The van der Waals surface area contributed by atoms with E-state index >= 15 is 0 Å². The SMILES string of the molecule is O=C([O-])COc1ccc(OCC(=O)[O-])cc1.[Mn+2].[OH3+].[OH3+].[OH3+].[OH3+].[OH3+].[OH3+]. The molecule has 0 fully saturated rings. The number of hydrogen-bond donors (Lipinski definition) is 0. The molecule has 1 aromatic rings. The van der Waals surface area contributed by atoms with Gasteiger partial charge in [0.15, 0.2) is 0 Å². The second kappa shape index (κ2) is 22.3. The second-order valence-corrected chi connectivity index (χ2v) is 2.79. The molecule has 0 saturated heterocycles. The maximum atomic E-state index is 10.1. The third-order valence-corrected chi connectivity index (χ3v) is 1.54. The van der Waals surface area contributed by atoms with E-state index in [1.165, 1.54) is 24.3 Å². The molecule has 0 aliphatic heterocycles. The van der Waals surface area contributed by atoms with E-state index in [2.05, 4.69) is 0 Å². The number of benzene rings is 1. The van der Waals surface area contributed by atoms with Crippen LogP contribution in [0.15, 0.2) is 24.3 Å². The molecule has 0 spiro atoms. The molecule has 23 heavy (non-hydrogen) atoms. The van der Waals surface area contributed by atoms with E-state index in [-0.39, 0.29) is 49.9 Å². The maximum absolute atomic E-state index is 10.1. The Bertz CT molecular complexity index is 345. The summed E-state index contributed by atoms with van der Waals surface area (Å²) in [5.41, 5.74) is 0. The molecule has 0 saturated carbocycles. The van der Waals surface area contributed by atoms with Gasteiger partial charge in [-0.05, 0) is 24.3 Å². The predicted octanol–water partition coefficient (Wildman–Crippen LogP) is -7.59. The van der Waals surface area contributed by atoms with Crippen LogP contribution in [0.25, 0.3) is 0 Å². The van der Waals surface area contributed by atoms with Crippen molar-refractivity contribution >= 4 is 11.9 Å². The summed E-state index contributed by atoms with van der Waals surface area (Å²) in [4.78, 5) is 20.2. The molecule has 0 bridgehead atoms. The zero-order chi connectivity index (χ0) is 12.0. The fourth-order valence-corrected chi connectivity index (χ4v) is 0.917. The van der Waals surface area contributed by atoms with E-state index < -0.39 is 25.2 Å². The molecule has 13 heteroatoms. The van der Waals surface area contributed by atoms with Crippen LogP contribution < -0.4 is 19.7 Å². The van der Waals surface area contributed by atoms with Gasteiger partial charge in [-0.1, -0.05) is 0 Å². The molecule has 0 heterocycles. The summed E-state index contributed by atoms with van der Waals surface area (Å²) in [7, 11) is 0. The molecule has 0 aromatic heterocycles. The quantitative estimate of drug-likeness (QED) is 0.333. The van der Waals surface area contributed by atoms with Gasteiger partial charge in [0.1, 0.15) is 24.7 Å². The third-order valence-electron chi connectivity index (χ3n) is 1.54. The van der Waals surface area contributed by atoms with Crippen LogP contribution >= 0.6 is 0 Å². The molecule has 139 valence electrons. The molecule has 0 aliphatic carbocycles. The van der Waals surface area contributed by atoms with E-state index in [4.69, 9.17) is 9.47 Å². The van der Waals surface area contributed by atoms with Crippen LogP contribution in [0.1, 0.15) is 0 Å². The first-order valence-electron chi connectivity index (χ1n) is 4.33. The Morgan fingerprint density at radius 3 is 1.09 bits per heavy atom. The molecule has 1 aromatic carbocycles. The Morgan fingerprint density at radius 1 is 0.696 bits per heavy atom. The van der Waals surface area contributed by atoms with Crippen LogP contribution in [0.5, 0.6) is 11.5 Å². The van der Waals surface area contributed by atoms with Gasteiger partial charge in [-0.2, -0.15) is 0 Å². The predicted molar refractivity (Wildman–Crippen MR) is 76.7 cm³/mol. The van der Waals surface area contributed by atoms with Crippen molar-refractivity contribution in [2.75, 3.05) is 13.2 Å². The van der Waals surface area contributed by atoms with E-state index in [1.807, 2.05) is 0 Å². The largest absolute Gasteiger partial charge is 2.00 e. The van der Waals surface area contributed by atoms with Crippen LogP contribution in [0, 0.1) is 0 Å².